The van der Waals surface area contributed by atoms with E-state index in [1.807, 2.05) is 24.3 Å². The second-order valence-electron chi connectivity index (χ2n) is 5.47. The summed E-state index contributed by atoms with van der Waals surface area (Å²) in [6.45, 7) is 4.00. The van der Waals surface area contributed by atoms with E-state index in [1.165, 1.54) is 23.9 Å². The van der Waals surface area contributed by atoms with Crippen molar-refractivity contribution < 1.29 is 19.4 Å². The number of thioether (sulfide) groups is 1. The summed E-state index contributed by atoms with van der Waals surface area (Å²) >= 11 is 1.21. The van der Waals surface area contributed by atoms with E-state index in [0.717, 1.165) is 5.56 Å². The van der Waals surface area contributed by atoms with Gasteiger partial charge < -0.3 is 15.2 Å². The van der Waals surface area contributed by atoms with Gasteiger partial charge in [0.25, 0.3) is 5.91 Å². The highest BCUT2D eigenvalue weighted by molar-refractivity contribution is 8.18. The van der Waals surface area contributed by atoms with Gasteiger partial charge in [-0.15, -0.1) is 0 Å². The molecule has 0 aliphatic carbocycles. The molecule has 0 atom stereocenters. The number of benzene rings is 2. The number of amidine groups is 1. The van der Waals surface area contributed by atoms with E-state index in [0.29, 0.717) is 28.1 Å². The molecule has 1 aliphatic heterocycles. The first-order chi connectivity index (χ1) is 13.1. The maximum atomic E-state index is 12.2. The zero-order valence-corrected chi connectivity index (χ0v) is 15.0. The fourth-order valence-electron chi connectivity index (χ4n) is 2.30. The second-order valence-corrected chi connectivity index (χ2v) is 6.50. The molecule has 1 saturated heterocycles. The highest BCUT2D eigenvalue weighted by atomic mass is 32.2. The van der Waals surface area contributed by atoms with Crippen LogP contribution in [-0.2, 0) is 4.79 Å². The summed E-state index contributed by atoms with van der Waals surface area (Å²) in [5.41, 5.74) is 1.52. The lowest BCUT2D eigenvalue weighted by atomic mass is 10.2. The third-order valence-electron chi connectivity index (χ3n) is 3.56. The molecule has 1 aliphatic rings. The first-order valence-electron chi connectivity index (χ1n) is 8.02. The van der Waals surface area contributed by atoms with E-state index in [-0.39, 0.29) is 11.5 Å². The van der Waals surface area contributed by atoms with Crippen molar-refractivity contribution in [3.8, 4) is 5.75 Å². The van der Waals surface area contributed by atoms with Crippen molar-refractivity contribution >= 4 is 40.6 Å². The Hall–Kier alpha value is -3.32. The van der Waals surface area contributed by atoms with Gasteiger partial charge in [0.15, 0.2) is 5.17 Å². The van der Waals surface area contributed by atoms with Crippen molar-refractivity contribution in [3.63, 3.8) is 0 Å². The summed E-state index contributed by atoms with van der Waals surface area (Å²) in [6, 6.07) is 13.5. The third-order valence-corrected chi connectivity index (χ3v) is 4.47. The van der Waals surface area contributed by atoms with Gasteiger partial charge in [-0.3, -0.25) is 4.79 Å². The Balaban J connectivity index is 1.80. The topological polar surface area (TPSA) is 88.0 Å². The number of rotatable bonds is 6. The first-order valence-corrected chi connectivity index (χ1v) is 8.84. The molecule has 0 aromatic heterocycles. The Morgan fingerprint density at radius 1 is 1.22 bits per heavy atom. The van der Waals surface area contributed by atoms with E-state index in [4.69, 9.17) is 9.84 Å². The predicted molar refractivity (Wildman–Crippen MR) is 106 cm³/mol. The standard InChI is InChI=1S/C20H16N2O4S/c1-2-11-26-16-6-4-3-5-14(16)12-17-18(23)22-20(27-17)21-15-9-7-13(8-10-15)19(24)25/h2-10,12H,1,11H2,(H,24,25)(H,21,22,23)/b17-12-. The van der Waals surface area contributed by atoms with E-state index >= 15 is 0 Å². The summed E-state index contributed by atoms with van der Waals surface area (Å²) in [5, 5.41) is 12.1. The van der Waals surface area contributed by atoms with Crippen LogP contribution >= 0.6 is 11.8 Å². The number of carbonyl (C=O) groups is 2. The van der Waals surface area contributed by atoms with Crippen LogP contribution in [-0.4, -0.2) is 28.8 Å². The third kappa shape index (κ3) is 4.65. The maximum Gasteiger partial charge on any atom is 0.335 e. The van der Waals surface area contributed by atoms with Gasteiger partial charge in [0.05, 0.1) is 16.2 Å². The smallest absolute Gasteiger partial charge is 0.335 e. The van der Waals surface area contributed by atoms with Crippen LogP contribution in [0.15, 0.2) is 71.1 Å². The van der Waals surface area contributed by atoms with Gasteiger partial charge in [-0.2, -0.15) is 0 Å². The van der Waals surface area contributed by atoms with Crippen LogP contribution in [0, 0.1) is 0 Å². The fourth-order valence-corrected chi connectivity index (χ4v) is 3.13. The lowest BCUT2D eigenvalue weighted by Crippen LogP contribution is -2.19. The van der Waals surface area contributed by atoms with E-state index in [9.17, 15) is 9.59 Å². The molecule has 2 aromatic carbocycles. The highest BCUT2D eigenvalue weighted by Gasteiger charge is 2.24. The second kappa shape index (κ2) is 8.37. The van der Waals surface area contributed by atoms with Gasteiger partial charge in [-0.1, -0.05) is 30.9 Å². The number of hydrogen-bond acceptors (Lipinski definition) is 5. The van der Waals surface area contributed by atoms with Crippen LogP contribution in [0.4, 0.5) is 5.69 Å². The Morgan fingerprint density at radius 3 is 2.67 bits per heavy atom. The van der Waals surface area contributed by atoms with Gasteiger partial charge in [-0.25, -0.2) is 9.79 Å². The minimum absolute atomic E-state index is 0.179. The van der Waals surface area contributed by atoms with Crippen molar-refractivity contribution in [1.82, 2.24) is 5.32 Å². The molecule has 0 unspecified atom stereocenters. The number of aromatic carboxylic acids is 1. The quantitative estimate of drug-likeness (QED) is 0.587. The van der Waals surface area contributed by atoms with Crippen LogP contribution < -0.4 is 10.1 Å². The first kappa shape index (κ1) is 18.5. The van der Waals surface area contributed by atoms with Crippen molar-refractivity contribution in [2.75, 3.05) is 6.61 Å². The maximum absolute atomic E-state index is 12.2. The summed E-state index contributed by atoms with van der Waals surface area (Å²) in [7, 11) is 0. The fraction of sp³-hybridized carbons (Fsp3) is 0.0500. The number of carbonyl (C=O) groups excluding carboxylic acids is 1. The summed E-state index contributed by atoms with van der Waals surface area (Å²) in [6.07, 6.45) is 3.40. The molecule has 1 fully saturated rings. The van der Waals surface area contributed by atoms with Crippen LogP contribution in [0.25, 0.3) is 6.08 Å². The number of carboxylic acid groups (broad SMARTS) is 1. The summed E-state index contributed by atoms with van der Waals surface area (Å²) in [5.74, 6) is -0.590. The molecule has 1 amide bonds. The van der Waals surface area contributed by atoms with E-state index in [2.05, 4.69) is 16.9 Å². The largest absolute Gasteiger partial charge is 0.489 e. The number of carboxylic acids is 1. The molecule has 0 radical (unpaired) electrons. The lowest BCUT2D eigenvalue weighted by Gasteiger charge is -2.06. The predicted octanol–water partition coefficient (Wildman–Crippen LogP) is 3.84. The molecule has 6 nitrogen and oxygen atoms in total. The molecule has 0 bridgehead atoms. The van der Waals surface area contributed by atoms with Gasteiger partial charge >= 0.3 is 5.97 Å². The molecule has 136 valence electrons. The zero-order valence-electron chi connectivity index (χ0n) is 14.2. The SMILES string of the molecule is C=CCOc1ccccc1/C=C1\SC(=Nc2ccc(C(=O)O)cc2)NC1=O. The number of para-hydroxylation sites is 1. The summed E-state index contributed by atoms with van der Waals surface area (Å²) in [4.78, 5) is 28.0. The van der Waals surface area contributed by atoms with Crippen molar-refractivity contribution in [2.24, 2.45) is 4.99 Å². The lowest BCUT2D eigenvalue weighted by molar-refractivity contribution is -0.115. The molecule has 2 aromatic rings. The Labute approximate surface area is 160 Å². The molecule has 1 heterocycles. The van der Waals surface area contributed by atoms with Gasteiger partial charge in [0.2, 0.25) is 0 Å². The molecule has 0 spiro atoms. The van der Waals surface area contributed by atoms with E-state index in [1.54, 1.807) is 24.3 Å². The minimum Gasteiger partial charge on any atom is -0.489 e. The zero-order chi connectivity index (χ0) is 19.2. The van der Waals surface area contributed by atoms with Gasteiger partial charge in [-0.05, 0) is 48.2 Å². The van der Waals surface area contributed by atoms with Gasteiger partial charge in [0, 0.05) is 5.56 Å². The molecule has 27 heavy (non-hydrogen) atoms. The number of ether oxygens (including phenoxy) is 1. The van der Waals surface area contributed by atoms with Crippen molar-refractivity contribution in [1.29, 1.82) is 0 Å². The average Bonchev–Trinajstić information content (AvgIpc) is 3.00. The molecule has 7 heteroatoms. The number of nitrogens with one attached hydrogen (secondary N) is 1. The molecule has 2 N–H and O–H groups in total. The minimum atomic E-state index is -1.000. The Kier molecular flexibility index (Phi) is 5.73. The number of amides is 1. The normalized spacial score (nSPS) is 16.4. The summed E-state index contributed by atoms with van der Waals surface area (Å²) < 4.78 is 5.60. The number of nitrogens with zero attached hydrogens (tertiary/aromatic N) is 1. The monoisotopic (exact) mass is 380 g/mol. The van der Waals surface area contributed by atoms with Crippen LogP contribution in [0.5, 0.6) is 5.75 Å². The van der Waals surface area contributed by atoms with Gasteiger partial charge in [0.1, 0.15) is 12.4 Å². The highest BCUT2D eigenvalue weighted by Crippen LogP contribution is 2.30. The van der Waals surface area contributed by atoms with Crippen LogP contribution in [0.2, 0.25) is 0 Å². The number of aliphatic imine (C=N–C) groups is 1. The Bertz CT molecular complexity index is 949. The number of hydrogen-bond donors (Lipinski definition) is 2. The van der Waals surface area contributed by atoms with E-state index < -0.39 is 5.97 Å². The molecular formula is C20H16N2O4S. The molecule has 0 saturated carbocycles. The van der Waals surface area contributed by atoms with Crippen molar-refractivity contribution in [2.45, 2.75) is 0 Å². The van der Waals surface area contributed by atoms with Crippen LogP contribution in [0.1, 0.15) is 15.9 Å². The Morgan fingerprint density at radius 2 is 1.96 bits per heavy atom. The average molecular weight is 380 g/mol. The molecule has 3 rings (SSSR count). The molecular weight excluding hydrogens is 364 g/mol. The van der Waals surface area contributed by atoms with Crippen molar-refractivity contribution in [3.05, 3.63) is 77.2 Å². The van der Waals surface area contributed by atoms with Crippen LogP contribution in [0.3, 0.4) is 0 Å².